The molecule has 0 heterocycles. The van der Waals surface area contributed by atoms with Crippen LogP contribution in [0.15, 0.2) is 0 Å². The largest absolute Gasteiger partial charge is 0.330 e. The summed E-state index contributed by atoms with van der Waals surface area (Å²) in [6, 6.07) is 0. The highest BCUT2D eigenvalue weighted by atomic mass is 16.1. The standard InChI is InChI=1S/C11H19NO/c12-8-11(5-2-6-11)7-10(13)9-3-1-4-9/h9H,1-8,12H2. The summed E-state index contributed by atoms with van der Waals surface area (Å²) < 4.78 is 0. The van der Waals surface area contributed by atoms with Gasteiger partial charge in [0.2, 0.25) is 0 Å². The van der Waals surface area contributed by atoms with E-state index in [9.17, 15) is 4.79 Å². The van der Waals surface area contributed by atoms with Gasteiger partial charge in [0.1, 0.15) is 5.78 Å². The quantitative estimate of drug-likeness (QED) is 0.719. The molecule has 2 heteroatoms. The highest BCUT2D eigenvalue weighted by molar-refractivity contribution is 5.82. The summed E-state index contributed by atoms with van der Waals surface area (Å²) >= 11 is 0. The highest BCUT2D eigenvalue weighted by Crippen LogP contribution is 2.44. The van der Waals surface area contributed by atoms with Gasteiger partial charge in [-0.05, 0) is 37.6 Å². The Morgan fingerprint density at radius 2 is 2.00 bits per heavy atom. The van der Waals surface area contributed by atoms with Gasteiger partial charge in [-0.25, -0.2) is 0 Å². The Morgan fingerprint density at radius 3 is 2.31 bits per heavy atom. The molecule has 2 aliphatic rings. The SMILES string of the molecule is NCC1(CC(=O)C2CCC2)CCC1. The van der Waals surface area contributed by atoms with Crippen molar-refractivity contribution >= 4 is 5.78 Å². The van der Waals surface area contributed by atoms with Crippen molar-refractivity contribution in [1.82, 2.24) is 0 Å². The van der Waals surface area contributed by atoms with E-state index in [-0.39, 0.29) is 5.41 Å². The van der Waals surface area contributed by atoms with Crippen molar-refractivity contribution in [3.63, 3.8) is 0 Å². The van der Waals surface area contributed by atoms with Crippen molar-refractivity contribution in [2.45, 2.75) is 44.9 Å². The number of Topliss-reactive ketones (excluding diaryl/α,β-unsaturated/α-hetero) is 1. The van der Waals surface area contributed by atoms with E-state index in [0.29, 0.717) is 18.2 Å². The Kier molecular flexibility index (Phi) is 2.41. The lowest BCUT2D eigenvalue weighted by molar-refractivity contribution is -0.128. The lowest BCUT2D eigenvalue weighted by Gasteiger charge is -2.42. The van der Waals surface area contributed by atoms with E-state index in [1.165, 1.54) is 25.7 Å². The summed E-state index contributed by atoms with van der Waals surface area (Å²) in [5, 5.41) is 0. The van der Waals surface area contributed by atoms with Gasteiger partial charge in [0.15, 0.2) is 0 Å². The van der Waals surface area contributed by atoms with Crippen LogP contribution in [0.25, 0.3) is 0 Å². The fraction of sp³-hybridized carbons (Fsp3) is 0.909. The van der Waals surface area contributed by atoms with Gasteiger partial charge in [-0.15, -0.1) is 0 Å². The van der Waals surface area contributed by atoms with Crippen LogP contribution in [0.3, 0.4) is 0 Å². The average molecular weight is 181 g/mol. The van der Waals surface area contributed by atoms with Crippen LogP contribution in [0.4, 0.5) is 0 Å². The molecule has 13 heavy (non-hydrogen) atoms. The average Bonchev–Trinajstić information content (AvgIpc) is 1.93. The molecule has 2 nitrogen and oxygen atoms in total. The molecular weight excluding hydrogens is 162 g/mol. The summed E-state index contributed by atoms with van der Waals surface area (Å²) in [4.78, 5) is 11.7. The normalized spacial score (nSPS) is 26.2. The van der Waals surface area contributed by atoms with Crippen molar-refractivity contribution in [2.24, 2.45) is 17.1 Å². The third-order valence-electron chi connectivity index (χ3n) is 3.96. The minimum atomic E-state index is 0.229. The zero-order valence-corrected chi connectivity index (χ0v) is 8.22. The minimum absolute atomic E-state index is 0.229. The van der Waals surface area contributed by atoms with E-state index in [2.05, 4.69) is 0 Å². The van der Waals surface area contributed by atoms with Crippen LogP contribution in [0.5, 0.6) is 0 Å². The maximum atomic E-state index is 11.7. The van der Waals surface area contributed by atoms with Gasteiger partial charge in [-0.1, -0.05) is 12.8 Å². The number of hydrogen-bond donors (Lipinski definition) is 1. The lowest BCUT2D eigenvalue weighted by atomic mass is 9.64. The molecule has 2 saturated carbocycles. The van der Waals surface area contributed by atoms with Gasteiger partial charge in [-0.2, -0.15) is 0 Å². The first-order valence-electron chi connectivity index (χ1n) is 5.49. The molecule has 74 valence electrons. The predicted octanol–water partition coefficient (Wildman–Crippen LogP) is 1.87. The number of hydrogen-bond acceptors (Lipinski definition) is 2. The molecule has 0 atom stereocenters. The van der Waals surface area contributed by atoms with Crippen molar-refractivity contribution in [3.8, 4) is 0 Å². The molecule has 0 aromatic carbocycles. The number of nitrogens with two attached hydrogens (primary N) is 1. The fourth-order valence-corrected chi connectivity index (χ4v) is 2.37. The van der Waals surface area contributed by atoms with Crippen LogP contribution in [-0.2, 0) is 4.79 Å². The van der Waals surface area contributed by atoms with Crippen LogP contribution < -0.4 is 5.73 Å². The van der Waals surface area contributed by atoms with E-state index in [1.807, 2.05) is 0 Å². The maximum Gasteiger partial charge on any atom is 0.136 e. The van der Waals surface area contributed by atoms with Crippen LogP contribution in [0.2, 0.25) is 0 Å². The zero-order chi connectivity index (χ0) is 9.31. The van der Waals surface area contributed by atoms with E-state index in [0.717, 1.165) is 19.3 Å². The molecule has 2 rings (SSSR count). The van der Waals surface area contributed by atoms with E-state index >= 15 is 0 Å². The van der Waals surface area contributed by atoms with Crippen molar-refractivity contribution in [1.29, 1.82) is 0 Å². The first kappa shape index (κ1) is 9.20. The first-order chi connectivity index (χ1) is 6.26. The summed E-state index contributed by atoms with van der Waals surface area (Å²) in [7, 11) is 0. The molecule has 2 N–H and O–H groups in total. The number of carbonyl (C=O) groups is 1. The maximum absolute atomic E-state index is 11.7. The van der Waals surface area contributed by atoms with Gasteiger partial charge in [-0.3, -0.25) is 4.79 Å². The summed E-state index contributed by atoms with van der Waals surface area (Å²) in [5.41, 5.74) is 5.95. The van der Waals surface area contributed by atoms with Crippen molar-refractivity contribution in [2.75, 3.05) is 6.54 Å². The molecule has 2 fully saturated rings. The van der Waals surface area contributed by atoms with E-state index < -0.39 is 0 Å². The molecule has 0 saturated heterocycles. The van der Waals surface area contributed by atoms with Crippen LogP contribution in [-0.4, -0.2) is 12.3 Å². The van der Waals surface area contributed by atoms with Gasteiger partial charge in [0, 0.05) is 12.3 Å². The van der Waals surface area contributed by atoms with Crippen LogP contribution >= 0.6 is 0 Å². The van der Waals surface area contributed by atoms with E-state index in [4.69, 9.17) is 5.73 Å². The monoisotopic (exact) mass is 181 g/mol. The van der Waals surface area contributed by atoms with Gasteiger partial charge < -0.3 is 5.73 Å². The molecule has 0 radical (unpaired) electrons. The summed E-state index contributed by atoms with van der Waals surface area (Å²) in [5.74, 6) is 0.903. The third kappa shape index (κ3) is 1.64. The Bertz CT molecular complexity index is 199. The highest BCUT2D eigenvalue weighted by Gasteiger charge is 2.39. The lowest BCUT2D eigenvalue weighted by Crippen LogP contribution is -2.41. The number of carbonyl (C=O) groups excluding carboxylic acids is 1. The molecule has 0 spiro atoms. The number of rotatable bonds is 4. The fourth-order valence-electron chi connectivity index (χ4n) is 2.37. The molecule has 0 unspecified atom stereocenters. The minimum Gasteiger partial charge on any atom is -0.330 e. The smallest absolute Gasteiger partial charge is 0.136 e. The Morgan fingerprint density at radius 1 is 1.31 bits per heavy atom. The van der Waals surface area contributed by atoms with Crippen molar-refractivity contribution < 1.29 is 4.79 Å². The van der Waals surface area contributed by atoms with Gasteiger partial charge >= 0.3 is 0 Å². The predicted molar refractivity (Wildman–Crippen MR) is 52.3 cm³/mol. The van der Waals surface area contributed by atoms with Crippen molar-refractivity contribution in [3.05, 3.63) is 0 Å². The molecular formula is C11H19NO. The second-order valence-corrected chi connectivity index (χ2v) is 4.83. The first-order valence-corrected chi connectivity index (χ1v) is 5.49. The Hall–Kier alpha value is -0.370. The summed E-state index contributed by atoms with van der Waals surface area (Å²) in [6.45, 7) is 0.714. The summed E-state index contributed by atoms with van der Waals surface area (Å²) in [6.07, 6.45) is 7.94. The Labute approximate surface area is 79.9 Å². The van der Waals surface area contributed by atoms with Gasteiger partial charge in [0.25, 0.3) is 0 Å². The van der Waals surface area contributed by atoms with Crippen LogP contribution in [0.1, 0.15) is 44.9 Å². The number of ketones is 1. The Balaban J connectivity index is 1.84. The molecule has 2 aliphatic carbocycles. The molecule has 0 aromatic rings. The molecule has 0 aliphatic heterocycles. The van der Waals surface area contributed by atoms with Gasteiger partial charge in [0.05, 0.1) is 0 Å². The van der Waals surface area contributed by atoms with E-state index in [1.54, 1.807) is 0 Å². The third-order valence-corrected chi connectivity index (χ3v) is 3.96. The second kappa shape index (κ2) is 3.41. The zero-order valence-electron chi connectivity index (χ0n) is 8.22. The second-order valence-electron chi connectivity index (χ2n) is 4.83. The molecule has 0 aromatic heterocycles. The topological polar surface area (TPSA) is 43.1 Å². The molecule has 0 bridgehead atoms. The molecule has 0 amide bonds. The van der Waals surface area contributed by atoms with Crippen LogP contribution in [0, 0.1) is 11.3 Å².